The minimum atomic E-state index is -0.321. The molecule has 1 N–H and O–H groups in total. The number of fused-ring (bicyclic) bond motifs is 1. The zero-order valence-corrected chi connectivity index (χ0v) is 21.4. The third-order valence-corrected chi connectivity index (χ3v) is 7.53. The number of piperazine rings is 1. The second-order valence-electron chi connectivity index (χ2n) is 9.69. The number of nitrogens with one attached hydrogen (secondary N) is 1. The predicted molar refractivity (Wildman–Crippen MR) is 137 cm³/mol. The van der Waals surface area contributed by atoms with E-state index in [1.807, 2.05) is 12.1 Å². The van der Waals surface area contributed by atoms with Gasteiger partial charge in [-0.2, -0.15) is 0 Å². The molecule has 7 heteroatoms. The quantitative estimate of drug-likeness (QED) is 0.548. The average Bonchev–Trinajstić information content (AvgIpc) is 2.86. The monoisotopic (exact) mass is 483 g/mol. The van der Waals surface area contributed by atoms with Crippen LogP contribution in [0.25, 0.3) is 0 Å². The second-order valence-corrected chi connectivity index (χ2v) is 9.69. The molecule has 2 aliphatic heterocycles. The molecule has 35 heavy (non-hydrogen) atoms. The summed E-state index contributed by atoms with van der Waals surface area (Å²) in [6, 6.07) is 10.4. The van der Waals surface area contributed by atoms with Gasteiger partial charge in [0, 0.05) is 56.9 Å². The molecule has 2 atom stereocenters. The number of methoxy groups -OCH3 is 1. The first-order valence-corrected chi connectivity index (χ1v) is 12.7. The van der Waals surface area contributed by atoms with Crippen molar-refractivity contribution in [3.8, 4) is 11.5 Å². The Morgan fingerprint density at radius 2 is 1.94 bits per heavy atom. The number of halogens is 1. The molecule has 2 fully saturated rings. The van der Waals surface area contributed by atoms with Gasteiger partial charge in [-0.1, -0.05) is 6.07 Å². The number of nitrogens with zero attached hydrogens (tertiary/aromatic N) is 2. The minimum Gasteiger partial charge on any atom is -0.494 e. The summed E-state index contributed by atoms with van der Waals surface area (Å²) >= 11 is 0. The van der Waals surface area contributed by atoms with Crippen LogP contribution in [-0.4, -0.2) is 56.7 Å². The van der Waals surface area contributed by atoms with E-state index in [4.69, 9.17) is 9.47 Å². The number of hydrogen-bond acceptors (Lipinski definition) is 5. The Hall–Kier alpha value is -2.80. The summed E-state index contributed by atoms with van der Waals surface area (Å²) in [4.78, 5) is 16.1. The number of anilines is 1. The van der Waals surface area contributed by atoms with Crippen LogP contribution in [0.2, 0.25) is 0 Å². The number of ether oxygens (including phenoxy) is 2. The first-order chi connectivity index (χ1) is 16.9. The maximum Gasteiger partial charge on any atom is 0.216 e. The van der Waals surface area contributed by atoms with E-state index in [1.54, 1.807) is 0 Å². The highest BCUT2D eigenvalue weighted by atomic mass is 19.1. The van der Waals surface area contributed by atoms with Crippen molar-refractivity contribution in [3.63, 3.8) is 0 Å². The lowest BCUT2D eigenvalue weighted by atomic mass is 9.86. The van der Waals surface area contributed by atoms with E-state index in [2.05, 4.69) is 41.1 Å². The minimum absolute atomic E-state index is 0.00890. The first kappa shape index (κ1) is 25.3. The van der Waals surface area contributed by atoms with E-state index in [0.717, 1.165) is 43.9 Å². The highest BCUT2D eigenvalue weighted by molar-refractivity contribution is 5.72. The van der Waals surface area contributed by atoms with Crippen molar-refractivity contribution in [2.75, 3.05) is 44.8 Å². The fourth-order valence-electron chi connectivity index (χ4n) is 5.52. The molecular weight excluding hydrogens is 445 g/mol. The summed E-state index contributed by atoms with van der Waals surface area (Å²) in [5.41, 5.74) is 4.92. The van der Waals surface area contributed by atoms with Gasteiger partial charge in [0.15, 0.2) is 11.6 Å². The zero-order chi connectivity index (χ0) is 24.9. The Balaban J connectivity index is 1.43. The number of carbonyl (C=O) groups excluding carboxylic acids is 1. The number of hydrogen-bond donors (Lipinski definition) is 1. The summed E-state index contributed by atoms with van der Waals surface area (Å²) in [5.74, 6) is 0.899. The lowest BCUT2D eigenvalue weighted by molar-refractivity contribution is -0.118. The molecule has 1 amide bonds. The molecular formula is C28H38FN3O3. The Morgan fingerprint density at radius 1 is 1.11 bits per heavy atom. The fraction of sp³-hybridized carbons (Fsp3) is 0.536. The second kappa shape index (κ2) is 11.3. The van der Waals surface area contributed by atoms with E-state index < -0.39 is 0 Å². The highest BCUT2D eigenvalue weighted by Gasteiger charge is 2.36. The molecule has 0 spiro atoms. The van der Waals surface area contributed by atoms with Gasteiger partial charge in [-0.15, -0.1) is 0 Å². The number of carbonyl (C=O) groups is 1. The van der Waals surface area contributed by atoms with Crippen LogP contribution in [0.1, 0.15) is 55.3 Å². The Bertz CT molecular complexity index is 1040. The van der Waals surface area contributed by atoms with Gasteiger partial charge in [0.25, 0.3) is 0 Å². The van der Waals surface area contributed by atoms with Crippen molar-refractivity contribution in [1.82, 2.24) is 10.2 Å². The molecule has 4 rings (SSSR count). The third kappa shape index (κ3) is 5.72. The van der Waals surface area contributed by atoms with Gasteiger partial charge in [0.1, 0.15) is 5.75 Å². The standard InChI is InChI=1S/C28H38FN3O3/c1-19-20(2)27(35-16-6-13-30-21(3)33)12-10-24(19)26-8-5-7-23-18-31(14-15-32(23)26)22-9-11-25(29)28(17-22)34-4/h9-12,17,23,26H,5-8,13-16,18H2,1-4H3,(H,30,33). The molecule has 190 valence electrons. The number of amides is 1. The van der Waals surface area contributed by atoms with Crippen molar-refractivity contribution in [2.45, 2.75) is 58.5 Å². The van der Waals surface area contributed by atoms with Gasteiger partial charge < -0.3 is 19.7 Å². The molecule has 0 aromatic heterocycles. The molecule has 0 saturated carbocycles. The normalized spacial score (nSPS) is 20.3. The largest absolute Gasteiger partial charge is 0.494 e. The summed E-state index contributed by atoms with van der Waals surface area (Å²) in [6.07, 6.45) is 4.33. The summed E-state index contributed by atoms with van der Waals surface area (Å²) in [6.45, 7) is 9.93. The molecule has 2 saturated heterocycles. The van der Waals surface area contributed by atoms with Gasteiger partial charge in [0.05, 0.1) is 13.7 Å². The zero-order valence-electron chi connectivity index (χ0n) is 21.4. The predicted octanol–water partition coefficient (Wildman–Crippen LogP) is 4.77. The third-order valence-electron chi connectivity index (χ3n) is 7.53. The molecule has 0 aliphatic carbocycles. The molecule has 6 nitrogen and oxygen atoms in total. The van der Waals surface area contributed by atoms with Crippen LogP contribution in [-0.2, 0) is 4.79 Å². The van der Waals surface area contributed by atoms with Crippen molar-refractivity contribution in [1.29, 1.82) is 0 Å². The summed E-state index contributed by atoms with van der Waals surface area (Å²) in [5, 5.41) is 2.81. The SMILES string of the molecule is COc1cc(N2CCN3C(CCCC3c3ccc(OCCCNC(C)=O)c(C)c3C)C2)ccc1F. The fourth-order valence-corrected chi connectivity index (χ4v) is 5.52. The Labute approximate surface area is 208 Å². The first-order valence-electron chi connectivity index (χ1n) is 12.7. The van der Waals surface area contributed by atoms with Gasteiger partial charge in [0.2, 0.25) is 5.91 Å². The Kier molecular flexibility index (Phi) is 8.16. The van der Waals surface area contributed by atoms with Gasteiger partial charge in [-0.3, -0.25) is 9.69 Å². The van der Waals surface area contributed by atoms with E-state index in [-0.39, 0.29) is 11.7 Å². The summed E-state index contributed by atoms with van der Waals surface area (Å²) in [7, 11) is 1.51. The molecule has 2 unspecified atom stereocenters. The van der Waals surface area contributed by atoms with Gasteiger partial charge >= 0.3 is 0 Å². The van der Waals surface area contributed by atoms with E-state index >= 15 is 0 Å². The van der Waals surface area contributed by atoms with Crippen LogP contribution in [0.15, 0.2) is 30.3 Å². The van der Waals surface area contributed by atoms with Crippen molar-refractivity contribution in [2.24, 2.45) is 0 Å². The van der Waals surface area contributed by atoms with Crippen LogP contribution in [0, 0.1) is 19.7 Å². The number of rotatable bonds is 8. The lowest BCUT2D eigenvalue weighted by Gasteiger charge is -2.49. The molecule has 0 radical (unpaired) electrons. The van der Waals surface area contributed by atoms with E-state index in [9.17, 15) is 9.18 Å². The number of benzene rings is 2. The van der Waals surface area contributed by atoms with Crippen LogP contribution in [0.5, 0.6) is 11.5 Å². The molecule has 2 aromatic rings. The number of piperidine rings is 1. The van der Waals surface area contributed by atoms with Crippen LogP contribution in [0.3, 0.4) is 0 Å². The van der Waals surface area contributed by atoms with Gasteiger partial charge in [-0.25, -0.2) is 4.39 Å². The van der Waals surface area contributed by atoms with Crippen LogP contribution < -0.4 is 19.7 Å². The molecule has 2 heterocycles. The topological polar surface area (TPSA) is 54.0 Å². The van der Waals surface area contributed by atoms with Crippen molar-refractivity contribution < 1.29 is 18.7 Å². The summed E-state index contributed by atoms with van der Waals surface area (Å²) < 4.78 is 25.1. The molecule has 0 bridgehead atoms. The van der Waals surface area contributed by atoms with E-state index in [0.29, 0.717) is 31.0 Å². The maximum atomic E-state index is 13.9. The Morgan fingerprint density at radius 3 is 2.71 bits per heavy atom. The maximum absolute atomic E-state index is 13.9. The highest BCUT2D eigenvalue weighted by Crippen LogP contribution is 2.40. The molecule has 2 aliphatic rings. The van der Waals surface area contributed by atoms with Crippen molar-refractivity contribution >= 4 is 11.6 Å². The van der Waals surface area contributed by atoms with Crippen LogP contribution in [0.4, 0.5) is 10.1 Å². The van der Waals surface area contributed by atoms with Crippen LogP contribution >= 0.6 is 0 Å². The van der Waals surface area contributed by atoms with Gasteiger partial charge in [-0.05, 0) is 74.4 Å². The average molecular weight is 484 g/mol. The smallest absolute Gasteiger partial charge is 0.216 e. The molecule has 2 aromatic carbocycles. The lowest BCUT2D eigenvalue weighted by Crippen LogP contribution is -2.56. The van der Waals surface area contributed by atoms with E-state index in [1.165, 1.54) is 49.6 Å². The van der Waals surface area contributed by atoms with Crippen molar-refractivity contribution in [3.05, 3.63) is 52.8 Å².